The molecule has 78 valence electrons. The van der Waals surface area contributed by atoms with Crippen molar-refractivity contribution in [3.8, 4) is 0 Å². The van der Waals surface area contributed by atoms with E-state index in [1.807, 2.05) is 26.8 Å². The molecule has 1 heterocycles. The molecule has 2 N–H and O–H groups in total. The first-order chi connectivity index (χ1) is 6.79. The third kappa shape index (κ3) is 3.17. The fourth-order valence-corrected chi connectivity index (χ4v) is 1.08. The van der Waals surface area contributed by atoms with Gasteiger partial charge in [0.15, 0.2) is 0 Å². The van der Waals surface area contributed by atoms with Crippen molar-refractivity contribution in [2.45, 2.75) is 34.1 Å². The number of nitrogens with two attached hydrogens (primary N) is 1. The summed E-state index contributed by atoms with van der Waals surface area (Å²) in [5, 5.41) is 0. The van der Waals surface area contributed by atoms with Crippen LogP contribution in [0.1, 0.15) is 33.3 Å². The van der Waals surface area contributed by atoms with Crippen molar-refractivity contribution in [2.24, 2.45) is 4.99 Å². The summed E-state index contributed by atoms with van der Waals surface area (Å²) in [7, 11) is 0. The fraction of sp³-hybridized carbons (Fsp3) is 0.455. The van der Waals surface area contributed by atoms with E-state index in [2.05, 4.69) is 16.9 Å². The lowest BCUT2D eigenvalue weighted by molar-refractivity contribution is 1.11. The van der Waals surface area contributed by atoms with Crippen molar-refractivity contribution < 1.29 is 0 Å². The normalized spacial score (nSPS) is 9.71. The van der Waals surface area contributed by atoms with E-state index in [1.165, 1.54) is 0 Å². The van der Waals surface area contributed by atoms with Gasteiger partial charge in [-0.3, -0.25) is 4.99 Å². The second-order valence-electron chi connectivity index (χ2n) is 2.44. The molecule has 0 aliphatic rings. The minimum absolute atomic E-state index is 0.507. The summed E-state index contributed by atoms with van der Waals surface area (Å²) in [5.74, 6) is 0.507. The first-order valence-electron chi connectivity index (χ1n) is 5.01. The van der Waals surface area contributed by atoms with E-state index in [0.29, 0.717) is 5.82 Å². The van der Waals surface area contributed by atoms with Crippen LogP contribution in [-0.4, -0.2) is 11.2 Å². The van der Waals surface area contributed by atoms with E-state index < -0.39 is 0 Å². The molecular formula is C11H19N3. The van der Waals surface area contributed by atoms with Crippen molar-refractivity contribution >= 4 is 17.7 Å². The molecule has 0 radical (unpaired) electrons. The van der Waals surface area contributed by atoms with Gasteiger partial charge in [0, 0.05) is 12.4 Å². The number of anilines is 1. The van der Waals surface area contributed by atoms with Gasteiger partial charge >= 0.3 is 0 Å². The Morgan fingerprint density at radius 3 is 2.64 bits per heavy atom. The molecule has 0 atom stereocenters. The molecule has 0 bridgehead atoms. The van der Waals surface area contributed by atoms with Gasteiger partial charge in [-0.25, -0.2) is 4.98 Å². The number of hydrogen-bond acceptors (Lipinski definition) is 3. The molecular weight excluding hydrogens is 174 g/mol. The third-order valence-corrected chi connectivity index (χ3v) is 1.68. The van der Waals surface area contributed by atoms with Gasteiger partial charge in [0.05, 0.1) is 0 Å². The number of rotatable bonds is 2. The first-order valence-corrected chi connectivity index (χ1v) is 5.01. The largest absolute Gasteiger partial charge is 0.382 e. The molecule has 1 aromatic rings. The van der Waals surface area contributed by atoms with Gasteiger partial charge < -0.3 is 5.73 Å². The number of nitrogens with zero attached hydrogens (tertiary/aromatic N) is 2. The van der Waals surface area contributed by atoms with E-state index >= 15 is 0 Å². The van der Waals surface area contributed by atoms with Crippen LogP contribution in [0, 0.1) is 0 Å². The maximum atomic E-state index is 5.66. The number of aromatic nitrogens is 1. The number of aliphatic imine (C=N–C) groups is 1. The molecule has 14 heavy (non-hydrogen) atoms. The van der Waals surface area contributed by atoms with Crippen molar-refractivity contribution in [1.82, 2.24) is 4.98 Å². The summed E-state index contributed by atoms with van der Waals surface area (Å²) < 4.78 is 0. The Bertz CT molecular complexity index is 293. The second kappa shape index (κ2) is 7.06. The van der Waals surface area contributed by atoms with Crippen LogP contribution in [0.2, 0.25) is 0 Å². The van der Waals surface area contributed by atoms with Gasteiger partial charge in [0.2, 0.25) is 0 Å². The Kier molecular flexibility index (Phi) is 6.37. The highest BCUT2D eigenvalue weighted by Gasteiger charge is 2.02. The molecule has 0 amide bonds. The van der Waals surface area contributed by atoms with Crippen LogP contribution in [0.15, 0.2) is 17.3 Å². The highest BCUT2D eigenvalue weighted by molar-refractivity contribution is 5.69. The number of nitrogen functional groups attached to an aromatic ring is 1. The Hall–Kier alpha value is -1.38. The van der Waals surface area contributed by atoms with Crippen LogP contribution < -0.4 is 5.73 Å². The minimum atomic E-state index is 0.507. The van der Waals surface area contributed by atoms with Crippen molar-refractivity contribution in [3.63, 3.8) is 0 Å². The minimum Gasteiger partial charge on any atom is -0.382 e. The predicted molar refractivity (Wildman–Crippen MR) is 63.2 cm³/mol. The Labute approximate surface area is 86.1 Å². The molecule has 1 rings (SSSR count). The van der Waals surface area contributed by atoms with Gasteiger partial charge in [-0.15, -0.1) is 0 Å². The molecule has 0 unspecified atom stereocenters. The lowest BCUT2D eigenvalue weighted by Gasteiger charge is -2.03. The molecule has 0 fully saturated rings. The molecule has 0 saturated heterocycles. The van der Waals surface area contributed by atoms with Crippen molar-refractivity contribution in [1.29, 1.82) is 0 Å². The number of hydrogen-bond donors (Lipinski definition) is 1. The predicted octanol–water partition coefficient (Wildman–Crippen LogP) is 2.97. The third-order valence-electron chi connectivity index (χ3n) is 1.68. The SMILES string of the molecule is CC.CC=Nc1c(CC)ccnc1N. The first kappa shape index (κ1) is 12.6. The summed E-state index contributed by atoms with van der Waals surface area (Å²) in [6, 6.07) is 1.94. The Balaban J connectivity index is 0.000000791. The van der Waals surface area contributed by atoms with Gasteiger partial charge in [0.1, 0.15) is 11.5 Å². The lowest BCUT2D eigenvalue weighted by Crippen LogP contribution is -1.93. The quantitative estimate of drug-likeness (QED) is 0.734. The summed E-state index contributed by atoms with van der Waals surface area (Å²) in [4.78, 5) is 8.13. The van der Waals surface area contributed by atoms with Crippen molar-refractivity contribution in [3.05, 3.63) is 17.8 Å². The molecule has 0 aliphatic carbocycles. The van der Waals surface area contributed by atoms with Gasteiger partial charge in [-0.1, -0.05) is 20.8 Å². The highest BCUT2D eigenvalue weighted by Crippen LogP contribution is 2.24. The number of aryl methyl sites for hydroxylation is 1. The van der Waals surface area contributed by atoms with E-state index in [-0.39, 0.29) is 0 Å². The van der Waals surface area contributed by atoms with Crippen molar-refractivity contribution in [2.75, 3.05) is 5.73 Å². The van der Waals surface area contributed by atoms with Crippen LogP contribution in [-0.2, 0) is 6.42 Å². The molecule has 3 nitrogen and oxygen atoms in total. The van der Waals surface area contributed by atoms with E-state index in [1.54, 1.807) is 12.4 Å². The van der Waals surface area contributed by atoms with E-state index in [0.717, 1.165) is 17.7 Å². The average Bonchev–Trinajstić information content (AvgIpc) is 2.24. The molecule has 0 aliphatic heterocycles. The lowest BCUT2D eigenvalue weighted by atomic mass is 10.2. The van der Waals surface area contributed by atoms with Gasteiger partial charge in [0.25, 0.3) is 0 Å². The molecule has 1 aromatic heterocycles. The monoisotopic (exact) mass is 193 g/mol. The topological polar surface area (TPSA) is 51.3 Å². The molecule has 0 saturated carbocycles. The standard InChI is InChI=1S/C9H13N3.C2H6/c1-3-7-5-6-12-9(10)8(7)11-4-2;1-2/h4-6H,3H2,1-2H3,(H2,10,12);1-2H3. The van der Waals surface area contributed by atoms with Gasteiger partial charge in [-0.2, -0.15) is 0 Å². The molecule has 0 spiro atoms. The summed E-state index contributed by atoms with van der Waals surface area (Å²) in [6.07, 6.45) is 4.37. The van der Waals surface area contributed by atoms with Crippen LogP contribution >= 0.6 is 0 Å². The zero-order valence-corrected chi connectivity index (χ0v) is 9.41. The average molecular weight is 193 g/mol. The summed E-state index contributed by atoms with van der Waals surface area (Å²) in [6.45, 7) is 7.94. The summed E-state index contributed by atoms with van der Waals surface area (Å²) >= 11 is 0. The summed E-state index contributed by atoms with van der Waals surface area (Å²) in [5.41, 5.74) is 7.61. The van der Waals surface area contributed by atoms with E-state index in [4.69, 9.17) is 5.73 Å². The maximum absolute atomic E-state index is 5.66. The fourth-order valence-electron chi connectivity index (χ4n) is 1.08. The smallest absolute Gasteiger partial charge is 0.149 e. The zero-order valence-electron chi connectivity index (χ0n) is 9.41. The second-order valence-corrected chi connectivity index (χ2v) is 2.44. The maximum Gasteiger partial charge on any atom is 0.149 e. The van der Waals surface area contributed by atoms with E-state index in [9.17, 15) is 0 Å². The highest BCUT2D eigenvalue weighted by atomic mass is 14.9. The van der Waals surface area contributed by atoms with Crippen LogP contribution in [0.25, 0.3) is 0 Å². The van der Waals surface area contributed by atoms with Crippen LogP contribution in [0.5, 0.6) is 0 Å². The molecule has 0 aromatic carbocycles. The number of pyridine rings is 1. The van der Waals surface area contributed by atoms with Crippen LogP contribution in [0.4, 0.5) is 11.5 Å². The Morgan fingerprint density at radius 1 is 1.50 bits per heavy atom. The molecule has 3 heteroatoms. The van der Waals surface area contributed by atoms with Crippen LogP contribution in [0.3, 0.4) is 0 Å². The Morgan fingerprint density at radius 2 is 2.14 bits per heavy atom. The van der Waals surface area contributed by atoms with Gasteiger partial charge in [-0.05, 0) is 25.0 Å². The zero-order chi connectivity index (χ0) is 11.0.